The zero-order chi connectivity index (χ0) is 13.9. The van der Waals surface area contributed by atoms with E-state index in [0.717, 1.165) is 0 Å². The standard InChI is InChI=1S/C12H23N3O3/c1-5-14-7-11(17)15(8-10(14)16)6-9(13)12(2,3)18-4/h9H,5-8,13H2,1-4H3. The monoisotopic (exact) mass is 257 g/mol. The molecule has 0 aliphatic carbocycles. The van der Waals surface area contributed by atoms with Gasteiger partial charge in [0.2, 0.25) is 11.8 Å². The molecule has 0 aromatic rings. The lowest BCUT2D eigenvalue weighted by atomic mass is 9.98. The first-order valence-electron chi connectivity index (χ1n) is 6.18. The summed E-state index contributed by atoms with van der Waals surface area (Å²) >= 11 is 0. The van der Waals surface area contributed by atoms with E-state index in [1.54, 1.807) is 12.0 Å². The summed E-state index contributed by atoms with van der Waals surface area (Å²) in [7, 11) is 1.59. The van der Waals surface area contributed by atoms with Crippen molar-refractivity contribution in [2.75, 3.05) is 33.3 Å². The van der Waals surface area contributed by atoms with Crippen LogP contribution in [0.4, 0.5) is 0 Å². The molecule has 0 spiro atoms. The van der Waals surface area contributed by atoms with Crippen molar-refractivity contribution in [2.45, 2.75) is 32.4 Å². The van der Waals surface area contributed by atoms with Crippen LogP contribution < -0.4 is 5.73 Å². The summed E-state index contributed by atoms with van der Waals surface area (Å²) in [5, 5.41) is 0. The van der Waals surface area contributed by atoms with Crippen molar-refractivity contribution in [3.8, 4) is 0 Å². The average molecular weight is 257 g/mol. The molecule has 6 heteroatoms. The predicted octanol–water partition coefficient (Wildman–Crippen LogP) is -0.571. The lowest BCUT2D eigenvalue weighted by Gasteiger charge is -2.38. The lowest BCUT2D eigenvalue weighted by molar-refractivity contribution is -0.150. The van der Waals surface area contributed by atoms with E-state index in [4.69, 9.17) is 10.5 Å². The number of methoxy groups -OCH3 is 1. The molecule has 0 aromatic carbocycles. The van der Waals surface area contributed by atoms with Crippen LogP contribution in [-0.4, -0.2) is 66.5 Å². The van der Waals surface area contributed by atoms with Crippen LogP contribution in [0, 0.1) is 0 Å². The van der Waals surface area contributed by atoms with Gasteiger partial charge >= 0.3 is 0 Å². The predicted molar refractivity (Wildman–Crippen MR) is 67.9 cm³/mol. The molecule has 2 amide bonds. The second-order valence-electron chi connectivity index (χ2n) is 5.10. The smallest absolute Gasteiger partial charge is 0.242 e. The quantitative estimate of drug-likeness (QED) is 0.715. The highest BCUT2D eigenvalue weighted by atomic mass is 16.5. The van der Waals surface area contributed by atoms with E-state index >= 15 is 0 Å². The normalized spacial score (nSPS) is 19.4. The Labute approximate surface area is 108 Å². The largest absolute Gasteiger partial charge is 0.377 e. The van der Waals surface area contributed by atoms with Crippen LogP contribution in [0.2, 0.25) is 0 Å². The summed E-state index contributed by atoms with van der Waals surface area (Å²) in [6.07, 6.45) is 0. The van der Waals surface area contributed by atoms with Crippen molar-refractivity contribution in [1.82, 2.24) is 9.80 Å². The van der Waals surface area contributed by atoms with Crippen LogP contribution in [0.15, 0.2) is 0 Å². The molecular formula is C12H23N3O3. The Balaban J connectivity index is 2.64. The first-order chi connectivity index (χ1) is 8.31. The van der Waals surface area contributed by atoms with Gasteiger partial charge in [-0.05, 0) is 20.8 Å². The van der Waals surface area contributed by atoms with Crippen molar-refractivity contribution in [1.29, 1.82) is 0 Å². The third kappa shape index (κ3) is 3.20. The van der Waals surface area contributed by atoms with Gasteiger partial charge in [0.1, 0.15) is 0 Å². The topological polar surface area (TPSA) is 75.9 Å². The number of nitrogens with two attached hydrogens (primary N) is 1. The summed E-state index contributed by atoms with van der Waals surface area (Å²) < 4.78 is 5.29. The number of hydrogen-bond donors (Lipinski definition) is 1. The first kappa shape index (κ1) is 14.9. The fraction of sp³-hybridized carbons (Fsp3) is 0.833. The molecule has 1 rings (SSSR count). The van der Waals surface area contributed by atoms with Crippen LogP contribution in [-0.2, 0) is 14.3 Å². The highest BCUT2D eigenvalue weighted by Crippen LogP contribution is 2.14. The van der Waals surface area contributed by atoms with Crippen LogP contribution in [0.1, 0.15) is 20.8 Å². The van der Waals surface area contributed by atoms with Crippen molar-refractivity contribution < 1.29 is 14.3 Å². The van der Waals surface area contributed by atoms with Crippen molar-refractivity contribution >= 4 is 11.8 Å². The van der Waals surface area contributed by atoms with Gasteiger partial charge in [0.05, 0.1) is 24.7 Å². The van der Waals surface area contributed by atoms with E-state index in [1.807, 2.05) is 20.8 Å². The molecule has 18 heavy (non-hydrogen) atoms. The number of nitrogens with zero attached hydrogens (tertiary/aromatic N) is 2. The van der Waals surface area contributed by atoms with E-state index < -0.39 is 5.60 Å². The number of likely N-dealkylation sites (N-methyl/N-ethyl adjacent to an activating group) is 1. The number of carbonyl (C=O) groups is 2. The van der Waals surface area contributed by atoms with Crippen LogP contribution in [0.5, 0.6) is 0 Å². The lowest BCUT2D eigenvalue weighted by Crippen LogP contribution is -2.59. The van der Waals surface area contributed by atoms with Crippen molar-refractivity contribution in [3.05, 3.63) is 0 Å². The zero-order valence-electron chi connectivity index (χ0n) is 11.6. The SMILES string of the molecule is CCN1CC(=O)N(CC(N)C(C)(C)OC)CC1=O. The van der Waals surface area contributed by atoms with Crippen LogP contribution >= 0.6 is 0 Å². The average Bonchev–Trinajstić information content (AvgIpc) is 2.33. The number of ether oxygens (including phenoxy) is 1. The van der Waals surface area contributed by atoms with Gasteiger partial charge in [0.25, 0.3) is 0 Å². The van der Waals surface area contributed by atoms with Gasteiger partial charge < -0.3 is 20.3 Å². The number of piperazine rings is 1. The Bertz CT molecular complexity index is 331. The number of rotatable bonds is 5. The minimum absolute atomic E-state index is 0.0282. The maximum absolute atomic E-state index is 11.9. The maximum Gasteiger partial charge on any atom is 0.242 e. The highest BCUT2D eigenvalue weighted by Gasteiger charge is 2.33. The van der Waals surface area contributed by atoms with Gasteiger partial charge in [-0.25, -0.2) is 0 Å². The van der Waals surface area contributed by atoms with E-state index in [1.165, 1.54) is 4.90 Å². The molecule has 1 aliphatic heterocycles. The molecule has 0 bridgehead atoms. The molecular weight excluding hydrogens is 234 g/mol. The molecule has 0 saturated carbocycles. The van der Waals surface area contributed by atoms with Gasteiger partial charge in [-0.2, -0.15) is 0 Å². The number of amides is 2. The van der Waals surface area contributed by atoms with E-state index in [2.05, 4.69) is 0 Å². The summed E-state index contributed by atoms with van der Waals surface area (Å²) in [6.45, 7) is 6.76. The fourth-order valence-electron chi connectivity index (χ4n) is 1.77. The Kier molecular flexibility index (Phi) is 4.70. The van der Waals surface area contributed by atoms with E-state index in [-0.39, 0.29) is 30.9 Å². The molecule has 1 atom stereocenters. The summed E-state index contributed by atoms with van der Waals surface area (Å²) in [5.74, 6) is -0.0849. The molecule has 104 valence electrons. The van der Waals surface area contributed by atoms with Crippen molar-refractivity contribution in [3.63, 3.8) is 0 Å². The number of hydrogen-bond acceptors (Lipinski definition) is 4. The Morgan fingerprint density at radius 1 is 1.28 bits per heavy atom. The molecule has 2 N–H and O–H groups in total. The first-order valence-corrected chi connectivity index (χ1v) is 6.18. The third-order valence-corrected chi connectivity index (χ3v) is 3.58. The van der Waals surface area contributed by atoms with Gasteiger partial charge in [-0.3, -0.25) is 9.59 Å². The molecule has 1 fully saturated rings. The molecule has 1 unspecified atom stereocenters. The fourth-order valence-corrected chi connectivity index (χ4v) is 1.77. The molecule has 0 radical (unpaired) electrons. The van der Waals surface area contributed by atoms with Gasteiger partial charge in [0.15, 0.2) is 0 Å². The summed E-state index contributed by atoms with van der Waals surface area (Å²) in [6, 6.07) is -0.326. The van der Waals surface area contributed by atoms with Crippen LogP contribution in [0.25, 0.3) is 0 Å². The molecule has 1 aliphatic rings. The molecule has 0 aromatic heterocycles. The van der Waals surface area contributed by atoms with Crippen molar-refractivity contribution in [2.24, 2.45) is 5.73 Å². The van der Waals surface area contributed by atoms with Crippen LogP contribution in [0.3, 0.4) is 0 Å². The molecule has 1 heterocycles. The second-order valence-corrected chi connectivity index (χ2v) is 5.10. The maximum atomic E-state index is 11.9. The third-order valence-electron chi connectivity index (χ3n) is 3.58. The Morgan fingerprint density at radius 3 is 2.28 bits per heavy atom. The Morgan fingerprint density at radius 2 is 1.78 bits per heavy atom. The minimum Gasteiger partial charge on any atom is -0.377 e. The number of carbonyl (C=O) groups excluding carboxylic acids is 2. The summed E-state index contributed by atoms with van der Waals surface area (Å²) in [5.41, 5.74) is 5.50. The zero-order valence-corrected chi connectivity index (χ0v) is 11.6. The highest BCUT2D eigenvalue weighted by molar-refractivity contribution is 5.92. The Hall–Kier alpha value is -1.14. The second kappa shape index (κ2) is 5.67. The molecule has 6 nitrogen and oxygen atoms in total. The van der Waals surface area contributed by atoms with E-state index in [0.29, 0.717) is 13.1 Å². The summed E-state index contributed by atoms with van der Waals surface area (Å²) in [4.78, 5) is 26.7. The van der Waals surface area contributed by atoms with E-state index in [9.17, 15) is 9.59 Å². The van der Waals surface area contributed by atoms with Gasteiger partial charge in [0, 0.05) is 20.2 Å². The minimum atomic E-state index is -0.523. The van der Waals surface area contributed by atoms with Gasteiger partial charge in [-0.1, -0.05) is 0 Å². The molecule has 1 saturated heterocycles. The van der Waals surface area contributed by atoms with Gasteiger partial charge in [-0.15, -0.1) is 0 Å².